The molecule has 1 N–H and O–H groups in total. The van der Waals surface area contributed by atoms with Crippen molar-refractivity contribution < 1.29 is 0 Å². The van der Waals surface area contributed by atoms with Crippen molar-refractivity contribution in [2.24, 2.45) is 7.05 Å². The number of anilines is 1. The van der Waals surface area contributed by atoms with Gasteiger partial charge in [-0.2, -0.15) is 0 Å². The Kier molecular flexibility index (Phi) is 4.05. The molecule has 0 bridgehead atoms. The molecule has 0 radical (unpaired) electrons. The van der Waals surface area contributed by atoms with Gasteiger partial charge in [0.25, 0.3) is 5.56 Å². The number of hydrogen-bond donors (Lipinski definition) is 1. The Bertz CT molecular complexity index is 1110. The second-order valence-corrected chi connectivity index (χ2v) is 6.48. The summed E-state index contributed by atoms with van der Waals surface area (Å²) < 4.78 is 1.89. The summed E-state index contributed by atoms with van der Waals surface area (Å²) in [6.07, 6.45) is 3.41. The lowest BCUT2D eigenvalue weighted by molar-refractivity contribution is 0.923. The summed E-state index contributed by atoms with van der Waals surface area (Å²) in [5.74, 6) is 0. The smallest absolute Gasteiger partial charge is 0.260 e. The molecule has 26 heavy (non-hydrogen) atoms. The summed E-state index contributed by atoms with van der Waals surface area (Å²) in [5, 5.41) is 0.628. The third-order valence-electron chi connectivity index (χ3n) is 4.61. The molecule has 0 aliphatic heterocycles. The summed E-state index contributed by atoms with van der Waals surface area (Å²) >= 11 is 0. The summed E-state index contributed by atoms with van der Waals surface area (Å²) in [5.41, 5.74) is 4.86. The summed E-state index contributed by atoms with van der Waals surface area (Å²) in [4.78, 5) is 21.5. The molecule has 0 fully saturated rings. The highest BCUT2D eigenvalue weighted by Gasteiger charge is 2.13. The van der Waals surface area contributed by atoms with Gasteiger partial charge in [0.15, 0.2) is 0 Å². The highest BCUT2D eigenvalue weighted by molar-refractivity contribution is 5.93. The topological polar surface area (TPSA) is 53.9 Å². The standard InChI is InChI=1S/C21H20N4O/c1-24(17-9-4-3-5-10-17)12-15-7-6-8-16(11-15)18-13-25(2)20-19(18)21(26)23-14-22-20/h3-11,13-14H,12H2,1-2H3,(H,22,23,26). The fourth-order valence-electron chi connectivity index (χ4n) is 3.32. The van der Waals surface area contributed by atoms with E-state index < -0.39 is 0 Å². The zero-order valence-corrected chi connectivity index (χ0v) is 14.8. The molecule has 5 heteroatoms. The molecule has 4 aromatic rings. The van der Waals surface area contributed by atoms with E-state index in [-0.39, 0.29) is 5.56 Å². The van der Waals surface area contributed by atoms with Crippen molar-refractivity contribution in [3.05, 3.63) is 83.0 Å². The first-order valence-electron chi connectivity index (χ1n) is 8.51. The number of fused-ring (bicyclic) bond motifs is 1. The van der Waals surface area contributed by atoms with Crippen molar-refractivity contribution in [2.75, 3.05) is 11.9 Å². The maximum Gasteiger partial charge on any atom is 0.260 e. The molecule has 0 amide bonds. The van der Waals surface area contributed by atoms with Gasteiger partial charge in [0.1, 0.15) is 5.65 Å². The normalized spacial score (nSPS) is 11.0. The Labute approximate surface area is 151 Å². The number of nitrogens with one attached hydrogen (secondary N) is 1. The van der Waals surface area contributed by atoms with Gasteiger partial charge in [0, 0.05) is 38.1 Å². The number of benzene rings is 2. The SMILES string of the molecule is CN(Cc1cccc(-c2cn(C)c3nc[nH]c(=O)c23)c1)c1ccccc1. The van der Waals surface area contributed by atoms with Crippen LogP contribution in [0.15, 0.2) is 71.9 Å². The van der Waals surface area contributed by atoms with Crippen LogP contribution in [-0.2, 0) is 13.6 Å². The summed E-state index contributed by atoms with van der Waals surface area (Å²) in [6.45, 7) is 0.789. The number of aryl methyl sites for hydroxylation is 1. The fraction of sp³-hybridized carbons (Fsp3) is 0.143. The van der Waals surface area contributed by atoms with Gasteiger partial charge in [-0.05, 0) is 29.3 Å². The summed E-state index contributed by atoms with van der Waals surface area (Å²) in [6, 6.07) is 18.6. The molecule has 0 aliphatic rings. The third-order valence-corrected chi connectivity index (χ3v) is 4.61. The Morgan fingerprint density at radius 3 is 2.73 bits per heavy atom. The van der Waals surface area contributed by atoms with E-state index in [1.807, 2.05) is 48.1 Å². The van der Waals surface area contributed by atoms with Crippen molar-refractivity contribution in [3.8, 4) is 11.1 Å². The maximum absolute atomic E-state index is 12.3. The van der Waals surface area contributed by atoms with E-state index in [0.717, 1.165) is 17.7 Å². The first kappa shape index (κ1) is 16.1. The van der Waals surface area contributed by atoms with Crippen molar-refractivity contribution in [3.63, 3.8) is 0 Å². The lowest BCUT2D eigenvalue weighted by atomic mass is 10.0. The quantitative estimate of drug-likeness (QED) is 0.616. The van der Waals surface area contributed by atoms with Crippen LogP contribution < -0.4 is 10.5 Å². The number of aromatic amines is 1. The first-order chi connectivity index (χ1) is 12.6. The number of para-hydroxylation sites is 1. The largest absolute Gasteiger partial charge is 0.370 e. The van der Waals surface area contributed by atoms with E-state index in [4.69, 9.17) is 0 Å². The van der Waals surface area contributed by atoms with E-state index in [1.54, 1.807) is 0 Å². The van der Waals surface area contributed by atoms with E-state index >= 15 is 0 Å². The number of hydrogen-bond acceptors (Lipinski definition) is 3. The Hall–Kier alpha value is -3.34. The lowest BCUT2D eigenvalue weighted by Gasteiger charge is -2.19. The Morgan fingerprint density at radius 2 is 1.92 bits per heavy atom. The van der Waals surface area contributed by atoms with Crippen molar-refractivity contribution >= 4 is 16.7 Å². The van der Waals surface area contributed by atoms with Crippen LogP contribution >= 0.6 is 0 Å². The minimum atomic E-state index is -0.114. The predicted molar refractivity (Wildman–Crippen MR) is 105 cm³/mol. The van der Waals surface area contributed by atoms with Gasteiger partial charge >= 0.3 is 0 Å². The number of H-pyrrole nitrogens is 1. The van der Waals surface area contributed by atoms with Crippen LogP contribution in [0.4, 0.5) is 5.69 Å². The molecule has 4 rings (SSSR count). The van der Waals surface area contributed by atoms with Crippen molar-refractivity contribution in [2.45, 2.75) is 6.54 Å². The first-order valence-corrected chi connectivity index (χ1v) is 8.51. The molecular weight excluding hydrogens is 324 g/mol. The van der Waals surface area contributed by atoms with Crippen LogP contribution in [0.3, 0.4) is 0 Å². The van der Waals surface area contributed by atoms with Gasteiger partial charge in [0.05, 0.1) is 11.7 Å². The van der Waals surface area contributed by atoms with Crippen LogP contribution in [-0.4, -0.2) is 21.6 Å². The van der Waals surface area contributed by atoms with E-state index in [9.17, 15) is 4.79 Å². The van der Waals surface area contributed by atoms with Gasteiger partial charge in [-0.25, -0.2) is 4.98 Å². The minimum absolute atomic E-state index is 0.114. The molecule has 5 nitrogen and oxygen atoms in total. The Morgan fingerprint density at radius 1 is 1.12 bits per heavy atom. The zero-order chi connectivity index (χ0) is 18.1. The molecule has 0 spiro atoms. The second kappa shape index (κ2) is 6.52. The molecule has 0 aliphatic carbocycles. The molecule has 2 heterocycles. The monoisotopic (exact) mass is 344 g/mol. The van der Waals surface area contributed by atoms with E-state index in [2.05, 4.69) is 46.2 Å². The van der Waals surface area contributed by atoms with Gasteiger partial charge in [-0.15, -0.1) is 0 Å². The molecule has 0 atom stereocenters. The number of nitrogens with zero attached hydrogens (tertiary/aromatic N) is 3. The molecule has 130 valence electrons. The van der Waals surface area contributed by atoms with Crippen LogP contribution in [0.2, 0.25) is 0 Å². The van der Waals surface area contributed by atoms with Gasteiger partial charge < -0.3 is 14.5 Å². The number of rotatable bonds is 4. The molecule has 0 saturated heterocycles. The van der Waals surface area contributed by atoms with Gasteiger partial charge in [-0.3, -0.25) is 4.79 Å². The summed E-state index contributed by atoms with van der Waals surface area (Å²) in [7, 11) is 3.99. The van der Waals surface area contributed by atoms with Crippen molar-refractivity contribution in [1.29, 1.82) is 0 Å². The molecule has 0 saturated carbocycles. The van der Waals surface area contributed by atoms with Crippen molar-refractivity contribution in [1.82, 2.24) is 14.5 Å². The van der Waals surface area contributed by atoms with E-state index in [1.165, 1.54) is 17.6 Å². The van der Waals surface area contributed by atoms with Crippen LogP contribution in [0.1, 0.15) is 5.56 Å². The molecule has 2 aromatic carbocycles. The highest BCUT2D eigenvalue weighted by Crippen LogP contribution is 2.28. The van der Waals surface area contributed by atoms with Gasteiger partial charge in [-0.1, -0.05) is 36.4 Å². The van der Waals surface area contributed by atoms with Gasteiger partial charge in [0.2, 0.25) is 0 Å². The van der Waals surface area contributed by atoms with E-state index in [0.29, 0.717) is 11.0 Å². The van der Waals surface area contributed by atoms with Crippen LogP contribution in [0, 0.1) is 0 Å². The third kappa shape index (κ3) is 2.88. The average molecular weight is 344 g/mol. The highest BCUT2D eigenvalue weighted by atomic mass is 16.1. The maximum atomic E-state index is 12.3. The van der Waals surface area contributed by atoms with Crippen LogP contribution in [0.25, 0.3) is 22.2 Å². The Balaban J connectivity index is 1.72. The lowest BCUT2D eigenvalue weighted by Crippen LogP contribution is -2.16. The van der Waals surface area contributed by atoms with Crippen LogP contribution in [0.5, 0.6) is 0 Å². The molecule has 2 aromatic heterocycles. The molecule has 0 unspecified atom stereocenters. The minimum Gasteiger partial charge on any atom is -0.370 e. The average Bonchev–Trinajstić information content (AvgIpc) is 3.01. The second-order valence-electron chi connectivity index (χ2n) is 6.48. The fourth-order valence-corrected chi connectivity index (χ4v) is 3.32. The predicted octanol–water partition coefficient (Wildman–Crippen LogP) is 3.57. The molecular formula is C21H20N4O. The number of aromatic nitrogens is 3. The zero-order valence-electron chi connectivity index (χ0n) is 14.8.